The number of hydrogen-bond acceptors (Lipinski definition) is 0. The average Bonchev–Trinajstić information content (AvgIpc) is 3.10. The van der Waals surface area contributed by atoms with Crippen LogP contribution in [0.1, 0.15) is 39.0 Å². The molecule has 0 radical (unpaired) electrons. The van der Waals surface area contributed by atoms with E-state index < -0.39 is 0 Å². The van der Waals surface area contributed by atoms with Crippen LogP contribution in [0, 0.1) is 5.92 Å². The Hall–Kier alpha value is -1.08. The molecule has 1 heteroatoms. The highest BCUT2D eigenvalue weighted by Crippen LogP contribution is 2.48. The van der Waals surface area contributed by atoms with E-state index in [1.807, 2.05) is 0 Å². The van der Waals surface area contributed by atoms with Gasteiger partial charge in [0.1, 0.15) is 0 Å². The fourth-order valence-corrected chi connectivity index (χ4v) is 4.96. The van der Waals surface area contributed by atoms with Crippen LogP contribution in [0.25, 0.3) is 0 Å². The van der Waals surface area contributed by atoms with E-state index in [9.17, 15) is 0 Å². The molecule has 0 nitrogen and oxygen atoms in total. The van der Waals surface area contributed by atoms with Crippen LogP contribution in [0.4, 0.5) is 0 Å². The zero-order valence-corrected chi connectivity index (χ0v) is 14.1. The van der Waals surface area contributed by atoms with Gasteiger partial charge in [-0.2, -0.15) is 0 Å². The third-order valence-corrected chi connectivity index (χ3v) is 6.25. The molecule has 0 heterocycles. The zero-order valence-electron chi connectivity index (χ0n) is 12.5. The van der Waals surface area contributed by atoms with Crippen LogP contribution in [0.2, 0.25) is 0 Å². The van der Waals surface area contributed by atoms with Gasteiger partial charge in [-0.25, -0.2) is 0 Å². The predicted octanol–water partition coefficient (Wildman–Crippen LogP) is 5.95. The van der Waals surface area contributed by atoms with Crippen molar-refractivity contribution in [1.29, 1.82) is 0 Å². The van der Waals surface area contributed by atoms with Crippen LogP contribution in [0.3, 0.4) is 0 Å². The Kier molecular flexibility index (Phi) is 3.41. The van der Waals surface area contributed by atoms with Gasteiger partial charge < -0.3 is 0 Å². The lowest BCUT2D eigenvalue weighted by Gasteiger charge is -2.30. The highest BCUT2D eigenvalue weighted by atomic mass is 79.9. The largest absolute Gasteiger partial charge is 0.0790 e. The van der Waals surface area contributed by atoms with Gasteiger partial charge in [0.15, 0.2) is 0 Å². The molecule has 0 fully saturated rings. The van der Waals surface area contributed by atoms with E-state index >= 15 is 0 Å². The van der Waals surface area contributed by atoms with Crippen molar-refractivity contribution >= 4 is 15.9 Å². The van der Waals surface area contributed by atoms with E-state index in [0.29, 0.717) is 10.7 Å². The average molecular weight is 341 g/mol. The minimum atomic E-state index is 0.454. The fourth-order valence-electron chi connectivity index (χ4n) is 4.05. The minimum Gasteiger partial charge on any atom is -0.0790 e. The first kappa shape index (κ1) is 13.6. The Balaban J connectivity index is 1.70. The maximum absolute atomic E-state index is 3.98. The van der Waals surface area contributed by atoms with Crippen molar-refractivity contribution in [3.05, 3.63) is 69.9 Å². The van der Waals surface area contributed by atoms with Crippen molar-refractivity contribution in [1.82, 2.24) is 0 Å². The summed E-state index contributed by atoms with van der Waals surface area (Å²) in [6, 6.07) is 0. The van der Waals surface area contributed by atoms with E-state index in [-0.39, 0.29) is 0 Å². The summed E-state index contributed by atoms with van der Waals surface area (Å²) in [4.78, 5) is 0.454. The van der Waals surface area contributed by atoms with Gasteiger partial charge in [0.25, 0.3) is 0 Å². The number of rotatable bonds is 2. The van der Waals surface area contributed by atoms with Crippen molar-refractivity contribution in [2.45, 2.75) is 43.9 Å². The standard InChI is InChI=1S/C20H21Br/c1-13-10-19-18(17(13)11-14-6-2-3-7-14)12-15-8-4-5-9-16(15)20(19)21/h2-3,6-7,10,12,14,20H,4-5,8-9,11H2,1H3. The molecule has 0 saturated heterocycles. The lowest BCUT2D eigenvalue weighted by atomic mass is 9.79. The summed E-state index contributed by atoms with van der Waals surface area (Å²) in [5.74, 6) is 0.583. The molecule has 1 unspecified atom stereocenters. The van der Waals surface area contributed by atoms with E-state index in [2.05, 4.69) is 59.3 Å². The summed E-state index contributed by atoms with van der Waals surface area (Å²) in [6.45, 7) is 2.28. The number of alkyl halides is 1. The van der Waals surface area contributed by atoms with Crippen molar-refractivity contribution in [3.63, 3.8) is 0 Å². The molecule has 0 spiro atoms. The molecule has 4 aliphatic carbocycles. The molecule has 0 N–H and O–H groups in total. The van der Waals surface area contributed by atoms with Crippen LogP contribution in [-0.4, -0.2) is 4.83 Å². The molecule has 1 atom stereocenters. The van der Waals surface area contributed by atoms with E-state index in [0.717, 1.165) is 6.42 Å². The summed E-state index contributed by atoms with van der Waals surface area (Å²) >= 11 is 3.98. The third kappa shape index (κ3) is 2.26. The summed E-state index contributed by atoms with van der Waals surface area (Å²) in [7, 11) is 0. The molecule has 0 aliphatic heterocycles. The number of allylic oxidation sites excluding steroid dienone is 12. The van der Waals surface area contributed by atoms with Crippen molar-refractivity contribution in [2.75, 3.05) is 0 Å². The highest BCUT2D eigenvalue weighted by Gasteiger charge is 2.32. The van der Waals surface area contributed by atoms with Crippen molar-refractivity contribution in [3.8, 4) is 0 Å². The Morgan fingerprint density at radius 1 is 1.10 bits per heavy atom. The molecular weight excluding hydrogens is 320 g/mol. The Morgan fingerprint density at radius 3 is 2.67 bits per heavy atom. The molecule has 0 amide bonds. The zero-order chi connectivity index (χ0) is 14.4. The predicted molar refractivity (Wildman–Crippen MR) is 93.5 cm³/mol. The Morgan fingerprint density at radius 2 is 1.86 bits per heavy atom. The monoisotopic (exact) mass is 340 g/mol. The topological polar surface area (TPSA) is 0 Å². The Bertz CT molecular complexity index is 652. The van der Waals surface area contributed by atoms with Crippen LogP contribution < -0.4 is 0 Å². The second-order valence-corrected chi connectivity index (χ2v) is 7.49. The highest BCUT2D eigenvalue weighted by molar-refractivity contribution is 9.09. The lowest BCUT2D eigenvalue weighted by molar-refractivity contribution is 0.668. The van der Waals surface area contributed by atoms with Crippen LogP contribution >= 0.6 is 15.9 Å². The second-order valence-electron chi connectivity index (χ2n) is 6.58. The van der Waals surface area contributed by atoms with Crippen LogP contribution in [0.15, 0.2) is 69.9 Å². The molecule has 4 aliphatic rings. The normalized spacial score (nSPS) is 28.0. The van der Waals surface area contributed by atoms with E-state index in [1.54, 1.807) is 16.7 Å². The first-order chi connectivity index (χ1) is 10.2. The van der Waals surface area contributed by atoms with Gasteiger partial charge in [0.2, 0.25) is 0 Å². The smallest absolute Gasteiger partial charge is 0.0616 e. The van der Waals surface area contributed by atoms with Gasteiger partial charge in [-0.3, -0.25) is 0 Å². The molecule has 0 aromatic carbocycles. The maximum Gasteiger partial charge on any atom is 0.0616 e. The number of fused-ring (bicyclic) bond motifs is 1. The molecule has 0 saturated carbocycles. The Labute approximate surface area is 135 Å². The van der Waals surface area contributed by atoms with Gasteiger partial charge in [-0.15, -0.1) is 0 Å². The molecule has 108 valence electrons. The van der Waals surface area contributed by atoms with Crippen molar-refractivity contribution in [2.24, 2.45) is 5.92 Å². The fraction of sp³-hybridized carbons (Fsp3) is 0.400. The summed E-state index contributed by atoms with van der Waals surface area (Å²) in [5, 5.41) is 0. The number of halogens is 1. The van der Waals surface area contributed by atoms with Gasteiger partial charge >= 0.3 is 0 Å². The van der Waals surface area contributed by atoms with E-state index in [4.69, 9.17) is 0 Å². The first-order valence-corrected chi connectivity index (χ1v) is 9.00. The summed E-state index contributed by atoms with van der Waals surface area (Å²) in [5.41, 5.74) is 9.31. The van der Waals surface area contributed by atoms with Gasteiger partial charge in [0.05, 0.1) is 4.83 Å². The molecule has 0 aromatic heterocycles. The molecule has 21 heavy (non-hydrogen) atoms. The van der Waals surface area contributed by atoms with Gasteiger partial charge in [-0.05, 0) is 78.4 Å². The minimum absolute atomic E-state index is 0.454. The quantitative estimate of drug-likeness (QED) is 0.545. The van der Waals surface area contributed by atoms with Crippen LogP contribution in [-0.2, 0) is 0 Å². The second kappa shape index (κ2) is 5.28. The third-order valence-electron chi connectivity index (χ3n) is 5.20. The van der Waals surface area contributed by atoms with Crippen molar-refractivity contribution < 1.29 is 0 Å². The lowest BCUT2D eigenvalue weighted by Crippen LogP contribution is -2.17. The molecule has 0 aromatic rings. The van der Waals surface area contributed by atoms with Crippen LogP contribution in [0.5, 0.6) is 0 Å². The van der Waals surface area contributed by atoms with Gasteiger partial charge in [-0.1, -0.05) is 52.4 Å². The molecule has 4 rings (SSSR count). The molecular formula is C20H21Br. The summed E-state index contributed by atoms with van der Waals surface area (Å²) < 4.78 is 0. The number of hydrogen-bond donors (Lipinski definition) is 0. The SMILES string of the molecule is CC1=C(CC2C=CC=C2)C2=CC3=C(CCCC3)C(Br)C2=C1. The summed E-state index contributed by atoms with van der Waals surface area (Å²) in [6.07, 6.45) is 20.3. The van der Waals surface area contributed by atoms with E-state index in [1.165, 1.54) is 42.4 Å². The first-order valence-electron chi connectivity index (χ1n) is 8.09. The molecule has 0 bridgehead atoms. The maximum atomic E-state index is 3.98. The van der Waals surface area contributed by atoms with Gasteiger partial charge in [0, 0.05) is 0 Å².